The molecular weight excluding hydrogens is 213 g/mol. The normalized spacial score (nSPS) is 12.8. The number of hydrogen-bond acceptors (Lipinski definition) is 3. The van der Waals surface area contributed by atoms with Crippen molar-refractivity contribution >= 4 is 6.16 Å². The van der Waals surface area contributed by atoms with Crippen LogP contribution >= 0.6 is 0 Å². The van der Waals surface area contributed by atoms with Crippen molar-refractivity contribution in [2.45, 2.75) is 40.0 Å². The largest absolute Gasteiger partial charge is 0.508 e. The van der Waals surface area contributed by atoms with Crippen LogP contribution in [0.1, 0.15) is 27.7 Å². The van der Waals surface area contributed by atoms with Gasteiger partial charge in [0, 0.05) is 0 Å². The molecular formula is C9H15F3O3. The number of carbonyl (C=O) groups is 1. The van der Waals surface area contributed by atoms with Crippen LogP contribution in [-0.2, 0) is 9.47 Å². The minimum absolute atomic E-state index is 0.411. The lowest BCUT2D eigenvalue weighted by atomic mass is 9.94. The fourth-order valence-corrected chi connectivity index (χ4v) is 0.548. The van der Waals surface area contributed by atoms with Crippen LogP contribution in [0.15, 0.2) is 0 Å². The monoisotopic (exact) mass is 228 g/mol. The van der Waals surface area contributed by atoms with Gasteiger partial charge < -0.3 is 9.47 Å². The van der Waals surface area contributed by atoms with Gasteiger partial charge in [-0.1, -0.05) is 0 Å². The molecule has 0 aromatic carbocycles. The SMILES string of the molecule is CC(C)OC(=O)OCC(C)(C)C(F)(F)F. The van der Waals surface area contributed by atoms with Crippen molar-refractivity contribution in [1.29, 1.82) is 0 Å². The Morgan fingerprint density at radius 2 is 1.73 bits per heavy atom. The molecule has 0 bridgehead atoms. The molecule has 0 radical (unpaired) electrons. The summed E-state index contributed by atoms with van der Waals surface area (Å²) in [5.74, 6) is 0. The van der Waals surface area contributed by atoms with Crippen molar-refractivity contribution in [2.24, 2.45) is 5.41 Å². The van der Waals surface area contributed by atoms with E-state index in [9.17, 15) is 18.0 Å². The summed E-state index contributed by atoms with van der Waals surface area (Å²) in [6.45, 7) is 4.32. The van der Waals surface area contributed by atoms with Crippen LogP contribution in [0.2, 0.25) is 0 Å². The topological polar surface area (TPSA) is 35.5 Å². The summed E-state index contributed by atoms with van der Waals surface area (Å²) in [4.78, 5) is 10.8. The van der Waals surface area contributed by atoms with Crippen LogP contribution in [0, 0.1) is 5.41 Å². The fraction of sp³-hybridized carbons (Fsp3) is 0.889. The first-order chi connectivity index (χ1) is 6.56. The van der Waals surface area contributed by atoms with Gasteiger partial charge in [-0.25, -0.2) is 4.79 Å². The second kappa shape index (κ2) is 4.72. The molecule has 0 amide bonds. The fourth-order valence-electron chi connectivity index (χ4n) is 0.548. The highest BCUT2D eigenvalue weighted by atomic mass is 19.4. The molecule has 0 aliphatic rings. The number of hydrogen-bond donors (Lipinski definition) is 0. The minimum Gasteiger partial charge on any atom is -0.433 e. The van der Waals surface area contributed by atoms with E-state index in [4.69, 9.17) is 0 Å². The zero-order valence-electron chi connectivity index (χ0n) is 9.14. The maximum Gasteiger partial charge on any atom is 0.508 e. The highest BCUT2D eigenvalue weighted by Gasteiger charge is 2.48. The molecule has 0 saturated carbocycles. The number of halogens is 3. The van der Waals surface area contributed by atoms with Crippen molar-refractivity contribution < 1.29 is 27.4 Å². The van der Waals surface area contributed by atoms with E-state index < -0.39 is 30.5 Å². The van der Waals surface area contributed by atoms with Crippen LogP contribution in [0.3, 0.4) is 0 Å². The quantitative estimate of drug-likeness (QED) is 0.696. The third kappa shape index (κ3) is 4.90. The second-order valence-corrected chi connectivity index (χ2v) is 4.09. The van der Waals surface area contributed by atoms with Crippen molar-refractivity contribution in [3.63, 3.8) is 0 Å². The second-order valence-electron chi connectivity index (χ2n) is 4.09. The van der Waals surface area contributed by atoms with E-state index >= 15 is 0 Å². The highest BCUT2D eigenvalue weighted by Crippen LogP contribution is 2.37. The standard InChI is InChI=1S/C9H15F3O3/c1-6(2)15-7(13)14-5-8(3,4)9(10,11)12/h6H,5H2,1-4H3. The van der Waals surface area contributed by atoms with Crippen LogP contribution in [-0.4, -0.2) is 25.0 Å². The van der Waals surface area contributed by atoms with Gasteiger partial charge in [0.1, 0.15) is 6.61 Å². The first-order valence-corrected chi connectivity index (χ1v) is 4.46. The average molecular weight is 228 g/mol. The van der Waals surface area contributed by atoms with Gasteiger partial charge in [0.2, 0.25) is 0 Å². The molecule has 0 N–H and O–H groups in total. The first-order valence-electron chi connectivity index (χ1n) is 4.46. The third-order valence-electron chi connectivity index (χ3n) is 1.65. The van der Waals surface area contributed by atoms with Gasteiger partial charge in [0.15, 0.2) is 0 Å². The predicted octanol–water partition coefficient (Wildman–Crippen LogP) is 3.14. The molecule has 0 heterocycles. The Kier molecular flexibility index (Phi) is 4.42. The lowest BCUT2D eigenvalue weighted by Crippen LogP contribution is -2.37. The van der Waals surface area contributed by atoms with Gasteiger partial charge in [0.05, 0.1) is 11.5 Å². The lowest BCUT2D eigenvalue weighted by Gasteiger charge is -2.26. The van der Waals surface area contributed by atoms with Crippen molar-refractivity contribution in [3.8, 4) is 0 Å². The Morgan fingerprint density at radius 1 is 1.27 bits per heavy atom. The molecule has 0 fully saturated rings. The Labute approximate surface area is 86.5 Å². The zero-order chi connectivity index (χ0) is 12.3. The Balaban J connectivity index is 4.10. The molecule has 6 heteroatoms. The molecule has 90 valence electrons. The summed E-state index contributed by atoms with van der Waals surface area (Å²) in [5.41, 5.74) is -2.07. The summed E-state index contributed by atoms with van der Waals surface area (Å²) in [6, 6.07) is 0. The number of alkyl halides is 3. The third-order valence-corrected chi connectivity index (χ3v) is 1.65. The molecule has 0 atom stereocenters. The van der Waals surface area contributed by atoms with Crippen LogP contribution in [0.5, 0.6) is 0 Å². The van der Waals surface area contributed by atoms with Gasteiger partial charge in [-0.2, -0.15) is 13.2 Å². The molecule has 0 aliphatic heterocycles. The van der Waals surface area contributed by atoms with Crippen molar-refractivity contribution in [2.75, 3.05) is 6.61 Å². The van der Waals surface area contributed by atoms with E-state index in [0.717, 1.165) is 13.8 Å². The van der Waals surface area contributed by atoms with Gasteiger partial charge in [-0.05, 0) is 27.7 Å². The van der Waals surface area contributed by atoms with Gasteiger partial charge in [-0.3, -0.25) is 0 Å². The number of rotatable bonds is 3. The first kappa shape index (κ1) is 14.1. The maximum atomic E-state index is 12.3. The van der Waals surface area contributed by atoms with Crippen molar-refractivity contribution in [1.82, 2.24) is 0 Å². The molecule has 15 heavy (non-hydrogen) atoms. The summed E-state index contributed by atoms with van der Waals surface area (Å²) in [5, 5.41) is 0. The van der Waals surface area contributed by atoms with E-state index in [0.29, 0.717) is 0 Å². The lowest BCUT2D eigenvalue weighted by molar-refractivity contribution is -0.223. The maximum absolute atomic E-state index is 12.3. The number of ether oxygens (including phenoxy) is 2. The molecule has 0 aromatic rings. The van der Waals surface area contributed by atoms with Gasteiger partial charge >= 0.3 is 12.3 Å². The van der Waals surface area contributed by atoms with Crippen molar-refractivity contribution in [3.05, 3.63) is 0 Å². The molecule has 0 saturated heterocycles. The van der Waals surface area contributed by atoms with Crippen LogP contribution in [0.25, 0.3) is 0 Å². The van der Waals surface area contributed by atoms with Gasteiger partial charge in [0.25, 0.3) is 0 Å². The Morgan fingerprint density at radius 3 is 2.07 bits per heavy atom. The summed E-state index contributed by atoms with van der Waals surface area (Å²) < 4.78 is 45.8. The molecule has 0 unspecified atom stereocenters. The van der Waals surface area contributed by atoms with E-state index in [-0.39, 0.29) is 0 Å². The highest BCUT2D eigenvalue weighted by molar-refractivity contribution is 5.60. The van der Waals surface area contributed by atoms with Crippen LogP contribution in [0.4, 0.5) is 18.0 Å². The average Bonchev–Trinajstić information content (AvgIpc) is 1.97. The zero-order valence-corrected chi connectivity index (χ0v) is 9.14. The number of carbonyl (C=O) groups excluding carboxylic acids is 1. The van der Waals surface area contributed by atoms with E-state index in [1.54, 1.807) is 13.8 Å². The molecule has 3 nitrogen and oxygen atoms in total. The smallest absolute Gasteiger partial charge is 0.433 e. The summed E-state index contributed by atoms with van der Waals surface area (Å²) in [7, 11) is 0. The van der Waals surface area contributed by atoms with E-state index in [2.05, 4.69) is 9.47 Å². The van der Waals surface area contributed by atoms with Gasteiger partial charge in [-0.15, -0.1) is 0 Å². The molecule has 0 rings (SSSR count). The Bertz CT molecular complexity index is 221. The predicted molar refractivity (Wildman–Crippen MR) is 47.4 cm³/mol. The molecule has 0 aliphatic carbocycles. The Hall–Kier alpha value is -0.940. The molecule has 0 aromatic heterocycles. The summed E-state index contributed by atoms with van der Waals surface area (Å²) >= 11 is 0. The van der Waals surface area contributed by atoms with E-state index in [1.165, 1.54) is 0 Å². The van der Waals surface area contributed by atoms with Crippen LogP contribution < -0.4 is 0 Å². The summed E-state index contributed by atoms with van der Waals surface area (Å²) in [6.07, 6.45) is -5.90. The molecule has 0 spiro atoms. The van der Waals surface area contributed by atoms with E-state index in [1.807, 2.05) is 0 Å². The minimum atomic E-state index is -4.41.